The fourth-order valence-corrected chi connectivity index (χ4v) is 1.27. The summed E-state index contributed by atoms with van der Waals surface area (Å²) in [5, 5.41) is 0. The van der Waals surface area contributed by atoms with Gasteiger partial charge in [0.2, 0.25) is 0 Å². The third-order valence-electron chi connectivity index (χ3n) is 2.06. The van der Waals surface area contributed by atoms with Gasteiger partial charge in [-0.1, -0.05) is 12.1 Å². The molecule has 2 N–H and O–H groups in total. The van der Waals surface area contributed by atoms with Crippen molar-refractivity contribution in [2.24, 2.45) is 0 Å². The maximum atomic E-state index is 11.9. The number of benzene rings is 2. The van der Waals surface area contributed by atoms with Gasteiger partial charge in [-0.2, -0.15) is 0 Å². The van der Waals surface area contributed by atoms with Crippen LogP contribution >= 0.6 is 0 Å². The number of ketones is 1. The molecule has 2 rings (SSSR count). The van der Waals surface area contributed by atoms with E-state index in [1.165, 1.54) is 0 Å². The fourth-order valence-electron chi connectivity index (χ4n) is 1.27. The van der Waals surface area contributed by atoms with Crippen LogP contribution in [0.25, 0.3) is 0 Å². The van der Waals surface area contributed by atoms with Crippen LogP contribution < -0.4 is 5.73 Å². The van der Waals surface area contributed by atoms with Gasteiger partial charge in [0, 0.05) is 16.8 Å². The summed E-state index contributed by atoms with van der Waals surface area (Å²) in [4.78, 5) is 11.9. The Labute approximate surface area is 88.4 Å². The van der Waals surface area contributed by atoms with Gasteiger partial charge in [0.1, 0.15) is 0 Å². The van der Waals surface area contributed by atoms with E-state index >= 15 is 0 Å². The van der Waals surface area contributed by atoms with E-state index in [2.05, 4.69) is 12.1 Å². The van der Waals surface area contributed by atoms with Crippen LogP contribution in [0, 0.1) is 12.1 Å². The van der Waals surface area contributed by atoms with Crippen molar-refractivity contribution in [2.45, 2.75) is 0 Å². The minimum absolute atomic E-state index is 0.0631. The van der Waals surface area contributed by atoms with Crippen LogP contribution in [0.4, 0.5) is 5.69 Å². The first-order chi connectivity index (χ1) is 7.27. The third-order valence-corrected chi connectivity index (χ3v) is 2.06. The molecule has 0 bridgehead atoms. The highest BCUT2D eigenvalue weighted by molar-refractivity contribution is 6.08. The first-order valence-corrected chi connectivity index (χ1v) is 4.55. The first-order valence-electron chi connectivity index (χ1n) is 4.55. The number of rotatable bonds is 2. The van der Waals surface area contributed by atoms with Gasteiger partial charge in [-0.05, 0) is 42.5 Å². The summed E-state index contributed by atoms with van der Waals surface area (Å²) in [5.74, 6) is -0.0631. The molecule has 0 amide bonds. The Hall–Kier alpha value is -2.09. The van der Waals surface area contributed by atoms with Gasteiger partial charge in [0.25, 0.3) is 0 Å². The Balaban J connectivity index is 2.33. The second-order valence-electron chi connectivity index (χ2n) is 3.15. The van der Waals surface area contributed by atoms with E-state index in [1.807, 2.05) is 0 Å². The number of anilines is 1. The lowest BCUT2D eigenvalue weighted by molar-refractivity contribution is 0.103. The van der Waals surface area contributed by atoms with Gasteiger partial charge in [-0.3, -0.25) is 4.79 Å². The highest BCUT2D eigenvalue weighted by Crippen LogP contribution is 2.10. The van der Waals surface area contributed by atoms with Crippen molar-refractivity contribution in [1.82, 2.24) is 0 Å². The lowest BCUT2D eigenvalue weighted by Gasteiger charge is -2.00. The van der Waals surface area contributed by atoms with Crippen molar-refractivity contribution >= 4 is 11.5 Å². The number of carbonyl (C=O) groups excluding carboxylic acids is 1. The lowest BCUT2D eigenvalue weighted by Crippen LogP contribution is -2.01. The van der Waals surface area contributed by atoms with Crippen LogP contribution in [0.5, 0.6) is 0 Å². The van der Waals surface area contributed by atoms with Crippen LogP contribution in [-0.2, 0) is 0 Å². The number of hydrogen-bond donors (Lipinski definition) is 1. The van der Waals surface area contributed by atoms with Crippen LogP contribution in [0.2, 0.25) is 0 Å². The largest absolute Gasteiger partial charge is 0.399 e. The summed E-state index contributed by atoms with van der Waals surface area (Å²) in [7, 11) is 0. The summed E-state index contributed by atoms with van der Waals surface area (Å²) in [5.41, 5.74) is 7.32. The Bertz CT molecular complexity index is 460. The zero-order chi connectivity index (χ0) is 10.7. The van der Waals surface area contributed by atoms with Gasteiger partial charge in [-0.15, -0.1) is 0 Å². The van der Waals surface area contributed by atoms with Gasteiger partial charge in [0.15, 0.2) is 5.78 Å². The first kappa shape index (κ1) is 9.46. The van der Waals surface area contributed by atoms with Crippen LogP contribution in [0.15, 0.2) is 42.5 Å². The highest BCUT2D eigenvalue weighted by Gasteiger charge is 2.07. The Morgan fingerprint density at radius 2 is 1.87 bits per heavy atom. The minimum atomic E-state index is -0.0631. The lowest BCUT2D eigenvalue weighted by atomic mass is 10.0. The molecule has 0 aromatic heterocycles. The molecule has 0 aliphatic carbocycles. The molecule has 2 heteroatoms. The summed E-state index contributed by atoms with van der Waals surface area (Å²) in [6.07, 6.45) is 0. The van der Waals surface area contributed by atoms with Crippen molar-refractivity contribution in [1.29, 1.82) is 0 Å². The molecule has 2 aromatic carbocycles. The Kier molecular flexibility index (Phi) is 2.50. The molecule has 0 heterocycles. The second-order valence-corrected chi connectivity index (χ2v) is 3.15. The Morgan fingerprint density at radius 3 is 2.47 bits per heavy atom. The average Bonchev–Trinajstić information content (AvgIpc) is 2.30. The van der Waals surface area contributed by atoms with Gasteiger partial charge in [0.05, 0.1) is 0 Å². The molecule has 0 saturated carbocycles. The normalized spacial score (nSPS) is 9.87. The van der Waals surface area contributed by atoms with E-state index < -0.39 is 0 Å². The quantitative estimate of drug-likeness (QED) is 0.589. The maximum Gasteiger partial charge on any atom is 0.193 e. The van der Waals surface area contributed by atoms with E-state index in [0.29, 0.717) is 16.8 Å². The number of nitrogen functional groups attached to an aromatic ring is 1. The van der Waals surface area contributed by atoms with E-state index in [0.717, 1.165) is 0 Å². The highest BCUT2D eigenvalue weighted by atomic mass is 16.1. The molecule has 0 fully saturated rings. The van der Waals surface area contributed by atoms with Crippen LogP contribution in [-0.4, -0.2) is 5.78 Å². The SMILES string of the molecule is Nc1ccc(C(=O)c2[c]cc[c]c2)cc1. The molecule has 0 saturated heterocycles. The van der Waals surface area contributed by atoms with Crippen molar-refractivity contribution in [2.75, 3.05) is 5.73 Å². The van der Waals surface area contributed by atoms with Crippen molar-refractivity contribution < 1.29 is 4.79 Å². The summed E-state index contributed by atoms with van der Waals surface area (Å²) >= 11 is 0. The molecule has 0 atom stereocenters. The Morgan fingerprint density at radius 1 is 1.13 bits per heavy atom. The molecule has 0 aliphatic rings. The molecule has 72 valence electrons. The predicted molar refractivity (Wildman–Crippen MR) is 58.4 cm³/mol. The number of carbonyl (C=O) groups is 1. The van der Waals surface area contributed by atoms with E-state index in [-0.39, 0.29) is 5.78 Å². The molecule has 15 heavy (non-hydrogen) atoms. The topological polar surface area (TPSA) is 43.1 Å². The molecule has 2 aromatic rings. The molecule has 0 aliphatic heterocycles. The second kappa shape index (κ2) is 3.96. The van der Waals surface area contributed by atoms with E-state index in [4.69, 9.17) is 5.73 Å². The molecule has 2 radical (unpaired) electrons. The number of hydrogen-bond acceptors (Lipinski definition) is 2. The summed E-state index contributed by atoms with van der Waals surface area (Å²) in [6.45, 7) is 0. The minimum Gasteiger partial charge on any atom is -0.399 e. The van der Waals surface area contributed by atoms with E-state index in [9.17, 15) is 4.79 Å². The van der Waals surface area contributed by atoms with Crippen LogP contribution in [0.1, 0.15) is 15.9 Å². The van der Waals surface area contributed by atoms with Crippen molar-refractivity contribution in [3.63, 3.8) is 0 Å². The average molecular weight is 195 g/mol. The van der Waals surface area contributed by atoms with Gasteiger partial charge in [-0.25, -0.2) is 0 Å². The van der Waals surface area contributed by atoms with Crippen molar-refractivity contribution in [3.8, 4) is 0 Å². The van der Waals surface area contributed by atoms with Crippen LogP contribution in [0.3, 0.4) is 0 Å². The molecule has 2 nitrogen and oxygen atoms in total. The maximum absolute atomic E-state index is 11.9. The van der Waals surface area contributed by atoms with Gasteiger partial charge >= 0.3 is 0 Å². The van der Waals surface area contributed by atoms with Crippen molar-refractivity contribution in [3.05, 3.63) is 65.7 Å². The monoisotopic (exact) mass is 195 g/mol. The zero-order valence-corrected chi connectivity index (χ0v) is 8.03. The molecule has 0 spiro atoms. The predicted octanol–water partition coefficient (Wildman–Crippen LogP) is 2.10. The summed E-state index contributed by atoms with van der Waals surface area (Å²) < 4.78 is 0. The molecule has 0 unspecified atom stereocenters. The van der Waals surface area contributed by atoms with Gasteiger partial charge < -0.3 is 5.73 Å². The smallest absolute Gasteiger partial charge is 0.193 e. The summed E-state index contributed by atoms with van der Waals surface area (Å²) in [6, 6.07) is 17.5. The molecular weight excluding hydrogens is 186 g/mol. The standard InChI is InChI=1S/C13H9NO/c14-12-8-6-11(7-9-12)13(15)10-4-2-1-3-5-10/h1-2,5-9H,14H2. The van der Waals surface area contributed by atoms with E-state index in [1.54, 1.807) is 42.5 Å². The molecular formula is C13H9NO. The number of nitrogens with two attached hydrogens (primary N) is 1. The fraction of sp³-hybridized carbons (Fsp3) is 0. The zero-order valence-electron chi connectivity index (χ0n) is 8.03. The third kappa shape index (κ3) is 2.05.